The number of aliphatic carboxylic acids is 1. The third-order valence-corrected chi connectivity index (χ3v) is 6.07. The van der Waals surface area contributed by atoms with Crippen molar-refractivity contribution in [1.29, 1.82) is 0 Å². The number of carbonyl (C=O) groups excluding carboxylic acids is 3. The van der Waals surface area contributed by atoms with Gasteiger partial charge in [0.05, 0.1) is 0 Å². The zero-order valence-electron chi connectivity index (χ0n) is 20.0. The molecular formula is C25H30FN3O6. The van der Waals surface area contributed by atoms with E-state index in [4.69, 9.17) is 10.5 Å². The van der Waals surface area contributed by atoms with Gasteiger partial charge in [0.2, 0.25) is 0 Å². The summed E-state index contributed by atoms with van der Waals surface area (Å²) < 4.78 is 20.6. The van der Waals surface area contributed by atoms with Crippen molar-refractivity contribution in [2.75, 3.05) is 13.1 Å². The summed E-state index contributed by atoms with van der Waals surface area (Å²) in [6, 6.07) is 4.62. The Morgan fingerprint density at radius 2 is 1.89 bits per heavy atom. The van der Waals surface area contributed by atoms with Gasteiger partial charge in [-0.25, -0.2) is 14.0 Å². The number of halogens is 1. The summed E-state index contributed by atoms with van der Waals surface area (Å²) in [5.41, 5.74) is 2.44. The Kier molecular flexibility index (Phi) is 7.44. The van der Waals surface area contributed by atoms with E-state index in [0.717, 1.165) is 0 Å². The number of ether oxygens (including phenoxy) is 1. The van der Waals surface area contributed by atoms with Crippen LogP contribution in [0.3, 0.4) is 0 Å². The van der Waals surface area contributed by atoms with Crippen molar-refractivity contribution < 1.29 is 33.4 Å². The molecule has 0 radical (unpaired) electrons. The number of amides is 2. The van der Waals surface area contributed by atoms with Gasteiger partial charge in [0.15, 0.2) is 5.54 Å². The number of carbonyl (C=O) groups is 4. The van der Waals surface area contributed by atoms with Gasteiger partial charge in [0.25, 0.3) is 0 Å². The fraction of sp³-hybridized carbons (Fsp3) is 0.440. The van der Waals surface area contributed by atoms with Crippen LogP contribution < -0.4 is 11.1 Å². The molecular weight excluding hydrogens is 457 g/mol. The first-order valence-electron chi connectivity index (χ1n) is 11.3. The van der Waals surface area contributed by atoms with E-state index < -0.39 is 40.8 Å². The number of primary amides is 1. The Balaban J connectivity index is 2.42. The summed E-state index contributed by atoms with van der Waals surface area (Å²) in [5.74, 6) is -4.52. The van der Waals surface area contributed by atoms with Gasteiger partial charge >= 0.3 is 18.0 Å². The normalized spacial score (nSPS) is 23.0. The number of carboxylic acid groups (broad SMARTS) is 1. The van der Waals surface area contributed by atoms with Gasteiger partial charge in [0.1, 0.15) is 23.6 Å². The summed E-state index contributed by atoms with van der Waals surface area (Å²) in [5, 5.41) is 13.0. The number of aldehydes is 1. The van der Waals surface area contributed by atoms with E-state index in [9.17, 15) is 28.7 Å². The molecule has 2 amide bonds. The van der Waals surface area contributed by atoms with E-state index in [0.29, 0.717) is 32.2 Å². The number of esters is 1. The molecule has 2 atom stereocenters. The number of allylic oxidation sites excluding steroid dienone is 2. The van der Waals surface area contributed by atoms with Crippen LogP contribution in [0.25, 0.3) is 5.57 Å². The third kappa shape index (κ3) is 5.12. The van der Waals surface area contributed by atoms with Crippen LogP contribution in [0, 0.1) is 11.7 Å². The molecule has 4 N–H and O–H groups in total. The predicted octanol–water partition coefficient (Wildman–Crippen LogP) is 2.61. The molecule has 2 unspecified atom stereocenters. The molecule has 1 saturated heterocycles. The van der Waals surface area contributed by atoms with E-state index in [1.165, 1.54) is 24.3 Å². The molecule has 1 aromatic rings. The molecule has 0 bridgehead atoms. The van der Waals surface area contributed by atoms with E-state index >= 15 is 0 Å². The van der Waals surface area contributed by atoms with Crippen LogP contribution >= 0.6 is 0 Å². The van der Waals surface area contributed by atoms with Crippen LogP contribution in [0.4, 0.5) is 9.18 Å². The van der Waals surface area contributed by atoms with E-state index in [2.05, 4.69) is 5.32 Å². The number of nitrogens with one attached hydrogen (secondary N) is 1. The molecule has 0 saturated carbocycles. The summed E-state index contributed by atoms with van der Waals surface area (Å²) >= 11 is 0. The van der Waals surface area contributed by atoms with E-state index in [1.54, 1.807) is 31.7 Å². The van der Waals surface area contributed by atoms with Crippen molar-refractivity contribution >= 4 is 29.8 Å². The van der Waals surface area contributed by atoms with Crippen LogP contribution in [-0.4, -0.2) is 58.5 Å². The maximum Gasteiger partial charge on any atom is 0.329 e. The number of urea groups is 1. The smallest absolute Gasteiger partial charge is 0.329 e. The quantitative estimate of drug-likeness (QED) is 0.397. The third-order valence-electron chi connectivity index (χ3n) is 6.07. The SMILES string of the molecule is CC(C)(C)OC(=O)C1C(NC(N)=O)=C(CC=O)C(c2ccccc2F)=CC1(C(=O)O)N1CCCC1. The number of carboxylic acids is 1. The number of benzene rings is 1. The highest BCUT2D eigenvalue weighted by atomic mass is 19.1. The molecule has 1 aromatic carbocycles. The summed E-state index contributed by atoms with van der Waals surface area (Å²) in [6.07, 6.45) is 2.89. The second kappa shape index (κ2) is 9.99. The lowest BCUT2D eigenvalue weighted by atomic mass is 9.70. The van der Waals surface area contributed by atoms with Gasteiger partial charge < -0.3 is 25.7 Å². The first kappa shape index (κ1) is 26.1. The van der Waals surface area contributed by atoms with Gasteiger partial charge in [0, 0.05) is 17.7 Å². The second-order valence-corrected chi connectivity index (χ2v) is 9.58. The number of nitrogens with two attached hydrogens (primary N) is 1. The summed E-state index contributed by atoms with van der Waals surface area (Å²) in [7, 11) is 0. The number of hydrogen-bond acceptors (Lipinski definition) is 6. The zero-order chi connectivity index (χ0) is 26.0. The molecule has 1 aliphatic carbocycles. The Morgan fingerprint density at radius 1 is 1.26 bits per heavy atom. The van der Waals surface area contributed by atoms with E-state index in [-0.39, 0.29) is 28.8 Å². The average Bonchev–Trinajstić information content (AvgIpc) is 3.28. The fourth-order valence-electron chi connectivity index (χ4n) is 4.77. The van der Waals surface area contributed by atoms with Crippen LogP contribution in [-0.2, 0) is 19.1 Å². The zero-order valence-corrected chi connectivity index (χ0v) is 20.0. The van der Waals surface area contributed by atoms with E-state index in [1.807, 2.05) is 0 Å². The molecule has 1 heterocycles. The molecule has 10 heteroatoms. The molecule has 3 rings (SSSR count). The standard InChI is InChI=1S/C25H30FN3O6/c1-24(2,3)35-21(31)19-20(28-23(27)34)16(10-13-30)17(15-8-4-5-9-18(15)26)14-25(19,22(32)33)29-11-6-7-12-29/h4-5,8-9,13-14,19H,6-7,10-12H2,1-3H3,(H,32,33)(H3,27,28,34). The van der Waals surface area contributed by atoms with Gasteiger partial charge in [-0.1, -0.05) is 18.2 Å². The number of nitrogens with zero attached hydrogens (tertiary/aromatic N) is 1. The summed E-state index contributed by atoms with van der Waals surface area (Å²) in [6.45, 7) is 5.58. The minimum Gasteiger partial charge on any atom is -0.480 e. The lowest BCUT2D eigenvalue weighted by Gasteiger charge is -2.45. The maximum absolute atomic E-state index is 15.0. The van der Waals surface area contributed by atoms with Gasteiger partial charge in [-0.05, 0) is 70.0 Å². The molecule has 0 spiro atoms. The first-order valence-corrected chi connectivity index (χ1v) is 11.3. The summed E-state index contributed by atoms with van der Waals surface area (Å²) in [4.78, 5) is 52.1. The van der Waals surface area contributed by atoms with Crippen molar-refractivity contribution in [3.63, 3.8) is 0 Å². The second-order valence-electron chi connectivity index (χ2n) is 9.58. The molecule has 1 aliphatic heterocycles. The highest BCUT2D eigenvalue weighted by Crippen LogP contribution is 2.46. The minimum atomic E-state index is -2.03. The van der Waals surface area contributed by atoms with Crippen LogP contribution in [0.1, 0.15) is 45.6 Å². The Morgan fingerprint density at radius 3 is 2.40 bits per heavy atom. The van der Waals surface area contributed by atoms with Crippen molar-refractivity contribution in [3.05, 3.63) is 53.0 Å². The highest BCUT2D eigenvalue weighted by molar-refractivity contribution is 6.00. The van der Waals surface area contributed by atoms with Gasteiger partial charge in [-0.15, -0.1) is 0 Å². The molecule has 188 valence electrons. The predicted molar refractivity (Wildman–Crippen MR) is 125 cm³/mol. The topological polar surface area (TPSA) is 139 Å². The minimum absolute atomic E-state index is 0.0283. The molecule has 0 aromatic heterocycles. The highest BCUT2D eigenvalue weighted by Gasteiger charge is 2.58. The van der Waals surface area contributed by atoms with Crippen molar-refractivity contribution in [3.8, 4) is 0 Å². The van der Waals surface area contributed by atoms with Crippen molar-refractivity contribution in [2.45, 2.75) is 51.2 Å². The lowest BCUT2D eigenvalue weighted by Crippen LogP contribution is -2.63. The van der Waals surface area contributed by atoms with Crippen LogP contribution in [0.15, 0.2) is 41.6 Å². The van der Waals surface area contributed by atoms with Gasteiger partial charge in [-0.3, -0.25) is 9.69 Å². The van der Waals surface area contributed by atoms with Crippen LogP contribution in [0.5, 0.6) is 0 Å². The van der Waals surface area contributed by atoms with Crippen LogP contribution in [0.2, 0.25) is 0 Å². The molecule has 35 heavy (non-hydrogen) atoms. The largest absolute Gasteiger partial charge is 0.480 e. The average molecular weight is 488 g/mol. The van der Waals surface area contributed by atoms with Gasteiger partial charge in [-0.2, -0.15) is 0 Å². The number of rotatable bonds is 7. The lowest BCUT2D eigenvalue weighted by molar-refractivity contribution is -0.170. The van der Waals surface area contributed by atoms with Crippen molar-refractivity contribution in [1.82, 2.24) is 10.2 Å². The Hall–Kier alpha value is -3.53. The molecule has 2 aliphatic rings. The number of likely N-dealkylation sites (tertiary alicyclic amines) is 1. The molecule has 9 nitrogen and oxygen atoms in total. The maximum atomic E-state index is 15.0. The van der Waals surface area contributed by atoms with Crippen molar-refractivity contribution in [2.24, 2.45) is 11.7 Å². The fourth-order valence-corrected chi connectivity index (χ4v) is 4.77. The number of hydrogen-bond donors (Lipinski definition) is 3. The molecule has 1 fully saturated rings. The Bertz CT molecular complexity index is 1100. The monoisotopic (exact) mass is 487 g/mol. The Labute approximate surface area is 202 Å². The first-order chi connectivity index (χ1) is 16.4.